The Morgan fingerprint density at radius 1 is 1.14 bits per heavy atom. The van der Waals surface area contributed by atoms with E-state index in [0.29, 0.717) is 6.42 Å². The Morgan fingerprint density at radius 2 is 2.00 bits per heavy atom. The fraction of sp³-hybridized carbons (Fsp3) is 0.167. The van der Waals surface area contributed by atoms with E-state index in [2.05, 4.69) is 4.98 Å². The predicted octanol–water partition coefficient (Wildman–Crippen LogP) is 2.37. The number of fused-ring (bicyclic) bond motifs is 1. The van der Waals surface area contributed by atoms with Crippen LogP contribution in [0.25, 0.3) is 10.9 Å². The zero-order valence-corrected chi connectivity index (χ0v) is 7.81. The van der Waals surface area contributed by atoms with Gasteiger partial charge in [-0.1, -0.05) is 24.3 Å². The smallest absolute Gasteiger partial charge is 0.120 e. The Kier molecular flexibility index (Phi) is 2.54. The van der Waals surface area contributed by atoms with Crippen LogP contribution in [0.2, 0.25) is 0 Å². The van der Waals surface area contributed by atoms with Crippen molar-refractivity contribution < 1.29 is 4.79 Å². The molecule has 0 aliphatic rings. The highest BCUT2D eigenvalue weighted by Crippen LogP contribution is 2.12. The highest BCUT2D eigenvalue weighted by atomic mass is 16.1. The first-order valence-electron chi connectivity index (χ1n) is 4.68. The third kappa shape index (κ3) is 1.79. The van der Waals surface area contributed by atoms with Crippen molar-refractivity contribution in [2.45, 2.75) is 12.8 Å². The second-order valence-electron chi connectivity index (χ2n) is 3.20. The third-order valence-corrected chi connectivity index (χ3v) is 2.17. The molecule has 0 radical (unpaired) electrons. The second-order valence-corrected chi connectivity index (χ2v) is 3.20. The van der Waals surface area contributed by atoms with Crippen LogP contribution in [-0.2, 0) is 11.2 Å². The fourth-order valence-corrected chi connectivity index (χ4v) is 1.45. The third-order valence-electron chi connectivity index (χ3n) is 2.17. The Morgan fingerprint density at radius 3 is 2.86 bits per heavy atom. The Bertz CT molecular complexity index is 451. The summed E-state index contributed by atoms with van der Waals surface area (Å²) in [7, 11) is 0. The topological polar surface area (TPSA) is 30.0 Å². The highest BCUT2D eigenvalue weighted by molar-refractivity contribution is 5.78. The number of para-hydroxylation sites is 1. The number of aldehydes is 1. The highest BCUT2D eigenvalue weighted by Gasteiger charge is 1.96. The summed E-state index contributed by atoms with van der Waals surface area (Å²) in [4.78, 5) is 14.7. The van der Waals surface area contributed by atoms with Crippen LogP contribution in [0.3, 0.4) is 0 Å². The molecule has 2 aromatic rings. The van der Waals surface area contributed by atoms with Crippen molar-refractivity contribution in [1.29, 1.82) is 0 Å². The molecule has 0 atom stereocenters. The molecule has 0 bridgehead atoms. The van der Waals surface area contributed by atoms with Gasteiger partial charge in [-0.2, -0.15) is 0 Å². The Hall–Kier alpha value is -1.70. The number of carbonyl (C=O) groups excluding carboxylic acids is 1. The molecule has 0 fully saturated rings. The van der Waals surface area contributed by atoms with Crippen LogP contribution < -0.4 is 0 Å². The van der Waals surface area contributed by atoms with Gasteiger partial charge in [-0.25, -0.2) is 0 Å². The van der Waals surface area contributed by atoms with E-state index in [1.165, 1.54) is 0 Å². The molecule has 0 spiro atoms. The number of aryl methyl sites for hydroxylation is 1. The van der Waals surface area contributed by atoms with E-state index in [1.807, 2.05) is 36.4 Å². The van der Waals surface area contributed by atoms with Crippen molar-refractivity contribution in [1.82, 2.24) is 4.98 Å². The van der Waals surface area contributed by atoms with E-state index in [1.54, 1.807) is 0 Å². The van der Waals surface area contributed by atoms with E-state index >= 15 is 0 Å². The lowest BCUT2D eigenvalue weighted by molar-refractivity contribution is -0.107. The summed E-state index contributed by atoms with van der Waals surface area (Å²) in [5.74, 6) is 0. The minimum absolute atomic E-state index is 0.547. The van der Waals surface area contributed by atoms with Crippen LogP contribution in [0.1, 0.15) is 12.1 Å². The minimum Gasteiger partial charge on any atom is -0.303 e. The first kappa shape index (κ1) is 8.88. The van der Waals surface area contributed by atoms with E-state index in [9.17, 15) is 4.79 Å². The summed E-state index contributed by atoms with van der Waals surface area (Å²) in [5, 5.41) is 1.14. The SMILES string of the molecule is O=CCCc1ccc2ccccc2n1. The Labute approximate surface area is 82.6 Å². The summed E-state index contributed by atoms with van der Waals surface area (Å²) in [5.41, 5.74) is 1.98. The van der Waals surface area contributed by atoms with E-state index in [4.69, 9.17) is 0 Å². The predicted molar refractivity (Wildman–Crippen MR) is 56.1 cm³/mol. The van der Waals surface area contributed by atoms with Crippen molar-refractivity contribution in [3.8, 4) is 0 Å². The molecule has 1 aromatic heterocycles. The molecular weight excluding hydrogens is 174 g/mol. The van der Waals surface area contributed by atoms with Gasteiger partial charge >= 0.3 is 0 Å². The van der Waals surface area contributed by atoms with Gasteiger partial charge in [-0.05, 0) is 18.6 Å². The van der Waals surface area contributed by atoms with Gasteiger partial charge in [0, 0.05) is 17.5 Å². The van der Waals surface area contributed by atoms with Gasteiger partial charge in [0.05, 0.1) is 5.52 Å². The number of hydrogen-bond acceptors (Lipinski definition) is 2. The minimum atomic E-state index is 0.547. The van der Waals surface area contributed by atoms with Crippen LogP contribution in [0.5, 0.6) is 0 Å². The molecule has 0 aliphatic carbocycles. The molecule has 0 saturated heterocycles. The normalized spacial score (nSPS) is 10.3. The number of rotatable bonds is 3. The lowest BCUT2D eigenvalue weighted by atomic mass is 10.1. The van der Waals surface area contributed by atoms with Crippen molar-refractivity contribution in [2.75, 3.05) is 0 Å². The zero-order valence-electron chi connectivity index (χ0n) is 7.81. The van der Waals surface area contributed by atoms with Gasteiger partial charge in [0.2, 0.25) is 0 Å². The van der Waals surface area contributed by atoms with E-state index in [-0.39, 0.29) is 0 Å². The van der Waals surface area contributed by atoms with Crippen LogP contribution in [0.4, 0.5) is 0 Å². The molecule has 2 rings (SSSR count). The van der Waals surface area contributed by atoms with Gasteiger partial charge < -0.3 is 4.79 Å². The first-order valence-corrected chi connectivity index (χ1v) is 4.68. The van der Waals surface area contributed by atoms with Crippen molar-refractivity contribution >= 4 is 17.2 Å². The lowest BCUT2D eigenvalue weighted by Crippen LogP contribution is -1.90. The number of pyridine rings is 1. The number of carbonyl (C=O) groups is 1. The summed E-state index contributed by atoms with van der Waals surface area (Å²) < 4.78 is 0. The van der Waals surface area contributed by atoms with Gasteiger partial charge in [-0.15, -0.1) is 0 Å². The maximum absolute atomic E-state index is 10.2. The Balaban J connectivity index is 2.36. The molecule has 0 amide bonds. The lowest BCUT2D eigenvalue weighted by Gasteiger charge is -2.00. The number of benzene rings is 1. The largest absolute Gasteiger partial charge is 0.303 e. The van der Waals surface area contributed by atoms with Gasteiger partial charge in [0.25, 0.3) is 0 Å². The summed E-state index contributed by atoms with van der Waals surface area (Å²) >= 11 is 0. The molecule has 2 heteroatoms. The standard InChI is InChI=1S/C12H11NO/c14-9-3-5-11-8-7-10-4-1-2-6-12(10)13-11/h1-2,4,6-9H,3,5H2. The zero-order chi connectivity index (χ0) is 9.80. The van der Waals surface area contributed by atoms with Crippen molar-refractivity contribution in [3.63, 3.8) is 0 Å². The summed E-state index contributed by atoms with van der Waals surface area (Å²) in [6, 6.07) is 12.0. The van der Waals surface area contributed by atoms with Gasteiger partial charge in [-0.3, -0.25) is 4.98 Å². The molecule has 1 aromatic carbocycles. The summed E-state index contributed by atoms with van der Waals surface area (Å²) in [6.45, 7) is 0. The van der Waals surface area contributed by atoms with Crippen LogP contribution >= 0.6 is 0 Å². The average molecular weight is 185 g/mol. The maximum atomic E-state index is 10.2. The second kappa shape index (κ2) is 4.01. The van der Waals surface area contributed by atoms with Gasteiger partial charge in [0.1, 0.15) is 6.29 Å². The molecule has 0 saturated carbocycles. The molecule has 0 aliphatic heterocycles. The van der Waals surface area contributed by atoms with E-state index in [0.717, 1.165) is 29.3 Å². The fourth-order valence-electron chi connectivity index (χ4n) is 1.45. The number of nitrogens with zero attached hydrogens (tertiary/aromatic N) is 1. The number of hydrogen-bond donors (Lipinski definition) is 0. The molecule has 14 heavy (non-hydrogen) atoms. The van der Waals surface area contributed by atoms with Crippen LogP contribution in [0.15, 0.2) is 36.4 Å². The molecule has 0 unspecified atom stereocenters. The maximum Gasteiger partial charge on any atom is 0.120 e. The molecule has 1 heterocycles. The molecule has 0 N–H and O–H groups in total. The first-order chi connectivity index (χ1) is 6.90. The monoisotopic (exact) mass is 185 g/mol. The van der Waals surface area contributed by atoms with Crippen LogP contribution in [-0.4, -0.2) is 11.3 Å². The van der Waals surface area contributed by atoms with Crippen molar-refractivity contribution in [2.24, 2.45) is 0 Å². The van der Waals surface area contributed by atoms with Gasteiger partial charge in [0.15, 0.2) is 0 Å². The molecule has 2 nitrogen and oxygen atoms in total. The van der Waals surface area contributed by atoms with Crippen LogP contribution in [0, 0.1) is 0 Å². The van der Waals surface area contributed by atoms with E-state index < -0.39 is 0 Å². The quantitative estimate of drug-likeness (QED) is 0.687. The summed E-state index contributed by atoms with van der Waals surface area (Å²) in [6.07, 6.45) is 2.20. The molecule has 70 valence electrons. The average Bonchev–Trinajstić information content (AvgIpc) is 2.26. The van der Waals surface area contributed by atoms with Crippen molar-refractivity contribution in [3.05, 3.63) is 42.1 Å². The molecular formula is C12H11NO. The number of aromatic nitrogens is 1.